The molecule has 55 heavy (non-hydrogen) atoms. The first-order valence-electron chi connectivity index (χ1n) is 19.2. The zero-order chi connectivity index (χ0) is 39.9. The maximum atomic E-state index is 13.7. The van der Waals surface area contributed by atoms with E-state index >= 15 is 0 Å². The number of carbonyl (C=O) groups excluding carboxylic acids is 2. The molecule has 4 N–H and O–H groups in total. The number of allylic oxidation sites excluding steroid dienone is 3. The predicted octanol–water partition coefficient (Wildman–Crippen LogP) is 4.65. The van der Waals surface area contributed by atoms with E-state index in [0.29, 0.717) is 38.9 Å². The quantitative estimate of drug-likeness (QED) is 0.0942. The van der Waals surface area contributed by atoms with Gasteiger partial charge in [-0.05, 0) is 76.8 Å². The Labute approximate surface area is 327 Å². The monoisotopic (exact) mass is 773 g/mol. The van der Waals surface area contributed by atoms with Crippen molar-refractivity contribution in [2.45, 2.75) is 123 Å². The van der Waals surface area contributed by atoms with Gasteiger partial charge in [0.15, 0.2) is 12.1 Å². The molecule has 310 valence electrons. The van der Waals surface area contributed by atoms with Crippen molar-refractivity contribution in [3.8, 4) is 0 Å². The van der Waals surface area contributed by atoms with Gasteiger partial charge in [0.25, 0.3) is 0 Å². The number of hydrogen-bond donors (Lipinski definition) is 4. The highest BCUT2D eigenvalue weighted by molar-refractivity contribution is 5.91. The van der Waals surface area contributed by atoms with Crippen LogP contribution < -0.4 is 0 Å². The Hall–Kier alpha value is -3.17. The summed E-state index contributed by atoms with van der Waals surface area (Å²) in [5.74, 6) is -2.86. The minimum absolute atomic E-state index is 0. The van der Waals surface area contributed by atoms with E-state index in [4.69, 9.17) is 19.7 Å². The summed E-state index contributed by atoms with van der Waals surface area (Å²) >= 11 is 0. The number of rotatable bonds is 13. The van der Waals surface area contributed by atoms with E-state index in [1.807, 2.05) is 51.1 Å². The number of cyclic esters (lactones) is 1. The first kappa shape index (κ1) is 48.0. The van der Waals surface area contributed by atoms with Gasteiger partial charge in [-0.15, -0.1) is 0 Å². The molecule has 3 rings (SSSR count). The third-order valence-corrected chi connectivity index (χ3v) is 10.8. The first-order chi connectivity index (χ1) is 25.7. The first-order valence-corrected chi connectivity index (χ1v) is 19.2. The molecular formula is C41H67N5O9. The lowest BCUT2D eigenvalue weighted by Crippen LogP contribution is -2.63. The van der Waals surface area contributed by atoms with E-state index in [-0.39, 0.29) is 32.8 Å². The Bertz CT molecular complexity index is 1420. The minimum atomic E-state index is -1.27. The summed E-state index contributed by atoms with van der Waals surface area (Å²) in [4.78, 5) is 33.8. The normalized spacial score (nSPS) is 34.2. The number of carbonyl (C=O) groups is 2. The second-order valence-electron chi connectivity index (χ2n) is 15.2. The molecule has 0 amide bonds. The number of azide groups is 1. The molecule has 2 aliphatic rings. The number of ether oxygens (including phenoxy) is 3. The summed E-state index contributed by atoms with van der Waals surface area (Å²) < 4.78 is 18.6. The lowest BCUT2D eigenvalue weighted by molar-refractivity contribution is -0.304. The fourth-order valence-electron chi connectivity index (χ4n) is 7.55. The Morgan fingerprint density at radius 3 is 2.35 bits per heavy atom. The minimum Gasteiger partial charge on any atom is -0.462 e. The van der Waals surface area contributed by atoms with E-state index in [1.54, 1.807) is 45.0 Å². The number of benzene rings is 1. The molecule has 1 aromatic carbocycles. The molecule has 2 heterocycles. The van der Waals surface area contributed by atoms with Crippen molar-refractivity contribution in [1.29, 1.82) is 0 Å². The summed E-state index contributed by atoms with van der Waals surface area (Å²) in [5.41, 5.74) is 10.8. The summed E-state index contributed by atoms with van der Waals surface area (Å²) in [7, 11) is 3.50. The lowest BCUT2D eigenvalue weighted by atomic mass is 9.79. The smallest absolute Gasteiger partial charge is 0.308 e. The number of likely N-dealkylation sites (N-methyl/N-ethyl adjacent to an activating group) is 1. The molecule has 0 aliphatic carbocycles. The Morgan fingerprint density at radius 1 is 1.04 bits per heavy atom. The third-order valence-electron chi connectivity index (χ3n) is 10.8. The van der Waals surface area contributed by atoms with Gasteiger partial charge in [-0.3, -0.25) is 14.5 Å². The van der Waals surface area contributed by atoms with Crippen LogP contribution >= 0.6 is 0 Å². The fraction of sp³-hybridized carbons (Fsp3) is 0.707. The summed E-state index contributed by atoms with van der Waals surface area (Å²) in [6, 6.07) is 9.18. The molecule has 1 fully saturated rings. The van der Waals surface area contributed by atoms with Gasteiger partial charge in [-0.2, -0.15) is 0 Å². The van der Waals surface area contributed by atoms with E-state index < -0.39 is 78.6 Å². The van der Waals surface area contributed by atoms with E-state index in [2.05, 4.69) is 14.9 Å². The van der Waals surface area contributed by atoms with Crippen LogP contribution in [0.5, 0.6) is 0 Å². The number of nitrogens with zero attached hydrogens (tertiary/aromatic N) is 5. The van der Waals surface area contributed by atoms with Crippen LogP contribution in [0.4, 0.5) is 0 Å². The van der Waals surface area contributed by atoms with Crippen LogP contribution in [0.15, 0.2) is 59.2 Å². The largest absolute Gasteiger partial charge is 0.462 e. The highest BCUT2D eigenvalue weighted by atomic mass is 16.7. The zero-order valence-corrected chi connectivity index (χ0v) is 33.0. The molecule has 14 nitrogen and oxygen atoms in total. The standard InChI is InChI=1S/C40H63N5O9.CH4/c1-8-34-31(24-46)20-25(2)14-15-32(47)26(3)21-30(16-18-45(19-17-42-43-41)23-29-12-10-9-11-13-29)39(27(4)33(48)22-35(49)53-34)54-40-38(51)36(44(6)7)37(50)28(5)52-40;/h9-15,20,26-28,30-31,33-34,36-40,46,48,50-51H,8,16-19,21-24H2,1-7H3;1H4/b15-14+,25-20+;/t26-,27+,28-,30+,31-,33-,34-,36?,37-,38?,39-,40+;/m1./s1. The van der Waals surface area contributed by atoms with Crippen molar-refractivity contribution in [3.05, 3.63) is 70.1 Å². The van der Waals surface area contributed by atoms with E-state index in [1.165, 1.54) is 6.08 Å². The number of esters is 1. The zero-order valence-electron chi connectivity index (χ0n) is 33.0. The van der Waals surface area contributed by atoms with Crippen molar-refractivity contribution >= 4 is 11.8 Å². The predicted molar refractivity (Wildman–Crippen MR) is 211 cm³/mol. The molecule has 1 saturated heterocycles. The van der Waals surface area contributed by atoms with Crippen molar-refractivity contribution in [3.63, 3.8) is 0 Å². The second-order valence-corrected chi connectivity index (χ2v) is 15.2. The van der Waals surface area contributed by atoms with Gasteiger partial charge >= 0.3 is 5.97 Å². The summed E-state index contributed by atoms with van der Waals surface area (Å²) in [6.07, 6.45) is -0.998. The van der Waals surface area contributed by atoms with Gasteiger partial charge in [-0.25, -0.2) is 0 Å². The van der Waals surface area contributed by atoms with E-state index in [9.17, 15) is 30.0 Å². The second kappa shape index (κ2) is 23.8. The SMILES string of the molecule is C.CC[C@H]1OC(=O)C[C@@H](O)[C@H](C)[C@@H](O[C@@H]2O[C@H](C)[C@@H](O)C(N(C)C)C2O)[C@@H](CCN(CCN=[N+]=[N-])Cc2ccccc2)C[C@@H](C)C(=O)/C=C/C(C)=C/[C@@H]1CO. The molecule has 0 spiro atoms. The molecule has 12 atom stereocenters. The summed E-state index contributed by atoms with van der Waals surface area (Å²) in [6.45, 7) is 10.5. The number of ketones is 1. The van der Waals surface area contributed by atoms with Crippen molar-refractivity contribution in [2.75, 3.05) is 40.3 Å². The van der Waals surface area contributed by atoms with Crippen molar-refractivity contribution < 1.29 is 44.2 Å². The average molecular weight is 774 g/mol. The van der Waals surface area contributed by atoms with Crippen LogP contribution in [-0.4, -0.2) is 131 Å². The van der Waals surface area contributed by atoms with Crippen LogP contribution in [0.2, 0.25) is 0 Å². The molecule has 2 aliphatic heterocycles. The maximum Gasteiger partial charge on any atom is 0.308 e. The molecule has 2 unspecified atom stereocenters. The van der Waals surface area contributed by atoms with Crippen LogP contribution in [0.25, 0.3) is 10.4 Å². The molecule has 0 saturated carbocycles. The molecular weight excluding hydrogens is 706 g/mol. The van der Waals surface area contributed by atoms with Crippen LogP contribution in [0, 0.1) is 23.7 Å². The molecule has 14 heteroatoms. The van der Waals surface area contributed by atoms with Gasteiger partial charge < -0.3 is 39.5 Å². The van der Waals surface area contributed by atoms with Crippen LogP contribution in [0.3, 0.4) is 0 Å². The van der Waals surface area contributed by atoms with Crippen LogP contribution in [-0.2, 0) is 30.3 Å². The van der Waals surface area contributed by atoms with Crippen molar-refractivity contribution in [2.24, 2.45) is 28.8 Å². The van der Waals surface area contributed by atoms with E-state index in [0.717, 1.165) is 11.1 Å². The van der Waals surface area contributed by atoms with Gasteiger partial charge in [0.2, 0.25) is 0 Å². The Morgan fingerprint density at radius 2 is 1.73 bits per heavy atom. The molecule has 0 radical (unpaired) electrons. The Kier molecular flexibility index (Phi) is 20.8. The highest BCUT2D eigenvalue weighted by Gasteiger charge is 2.47. The Balaban J connectivity index is 0.0000105. The van der Waals surface area contributed by atoms with Gasteiger partial charge in [0.05, 0.1) is 43.5 Å². The summed E-state index contributed by atoms with van der Waals surface area (Å²) in [5, 5.41) is 48.1. The highest BCUT2D eigenvalue weighted by Crippen LogP contribution is 2.35. The van der Waals surface area contributed by atoms with Crippen molar-refractivity contribution in [1.82, 2.24) is 9.80 Å². The van der Waals surface area contributed by atoms with Crippen LogP contribution in [0.1, 0.15) is 73.3 Å². The number of aliphatic hydroxyl groups is 4. The fourth-order valence-corrected chi connectivity index (χ4v) is 7.55. The average Bonchev–Trinajstić information content (AvgIpc) is 3.14. The van der Waals surface area contributed by atoms with Gasteiger partial charge in [0, 0.05) is 42.3 Å². The third kappa shape index (κ3) is 14.4. The molecule has 0 aromatic heterocycles. The topological polar surface area (TPSA) is 198 Å². The number of aliphatic hydroxyl groups excluding tert-OH is 4. The van der Waals surface area contributed by atoms with Gasteiger partial charge in [0.1, 0.15) is 12.2 Å². The molecule has 1 aromatic rings. The lowest BCUT2D eigenvalue weighted by Gasteiger charge is -2.46. The van der Waals surface area contributed by atoms with Gasteiger partial charge in [-0.1, -0.05) is 81.4 Å². The maximum absolute atomic E-state index is 13.7. The molecule has 0 bridgehead atoms. The number of hydrogen-bond acceptors (Lipinski definition) is 12.